The van der Waals surface area contributed by atoms with Crippen molar-refractivity contribution in [3.8, 4) is 11.1 Å². The molecule has 3 aromatic rings. The maximum absolute atomic E-state index is 13.4. The van der Waals surface area contributed by atoms with Gasteiger partial charge in [0.15, 0.2) is 0 Å². The van der Waals surface area contributed by atoms with Gasteiger partial charge in [-0.1, -0.05) is 86.5 Å². The molecule has 0 atom stereocenters. The molecule has 4 nitrogen and oxygen atoms in total. The number of fused-ring (bicyclic) bond motifs is 1. The first kappa shape index (κ1) is 22.8. The molecule has 0 fully saturated rings. The van der Waals surface area contributed by atoms with Crippen LogP contribution >= 0.6 is 0 Å². The van der Waals surface area contributed by atoms with Crippen LogP contribution in [0, 0.1) is 0 Å². The molecule has 1 aliphatic rings. The molecular formula is C29H32N2O2. The van der Waals surface area contributed by atoms with Gasteiger partial charge in [0.25, 0.3) is 5.91 Å². The Kier molecular flexibility index (Phi) is 7.56. The third-order valence-corrected chi connectivity index (χ3v) is 6.33. The summed E-state index contributed by atoms with van der Waals surface area (Å²) in [6.45, 7) is 2.48. The first-order chi connectivity index (χ1) is 16.1. The highest BCUT2D eigenvalue weighted by Crippen LogP contribution is 2.25. The largest absolute Gasteiger partial charge is 0.352 e. The second-order valence-corrected chi connectivity index (χ2v) is 8.82. The summed E-state index contributed by atoms with van der Waals surface area (Å²) in [5.74, 6) is -0.0472. The van der Waals surface area contributed by atoms with Crippen molar-refractivity contribution in [1.82, 2.24) is 10.6 Å². The normalized spacial score (nSPS) is 12.9. The van der Waals surface area contributed by atoms with E-state index in [-0.39, 0.29) is 17.9 Å². The summed E-state index contributed by atoms with van der Waals surface area (Å²) >= 11 is 0. The molecular weight excluding hydrogens is 408 g/mol. The zero-order valence-electron chi connectivity index (χ0n) is 19.3. The average Bonchev–Trinajstić information content (AvgIpc) is 3.25. The summed E-state index contributed by atoms with van der Waals surface area (Å²) in [6, 6.07) is 24.5. The SMILES string of the molecule is CCCCCC(=O)NCc1ccc(-c2ccccc2)cc1C(=O)NC1Cc2ccccc2C1. The van der Waals surface area contributed by atoms with Gasteiger partial charge in [0.05, 0.1) is 0 Å². The zero-order valence-corrected chi connectivity index (χ0v) is 19.3. The maximum Gasteiger partial charge on any atom is 0.251 e. The van der Waals surface area contributed by atoms with E-state index in [0.29, 0.717) is 18.5 Å². The summed E-state index contributed by atoms with van der Waals surface area (Å²) in [7, 11) is 0. The molecule has 0 heterocycles. The summed E-state index contributed by atoms with van der Waals surface area (Å²) in [5.41, 5.74) is 6.14. The van der Waals surface area contributed by atoms with Crippen LogP contribution in [0.15, 0.2) is 72.8 Å². The van der Waals surface area contributed by atoms with Crippen LogP contribution in [-0.4, -0.2) is 17.9 Å². The van der Waals surface area contributed by atoms with Gasteiger partial charge >= 0.3 is 0 Å². The van der Waals surface area contributed by atoms with Crippen molar-refractivity contribution >= 4 is 11.8 Å². The third kappa shape index (κ3) is 5.89. The fraction of sp³-hybridized carbons (Fsp3) is 0.310. The molecule has 4 heteroatoms. The van der Waals surface area contributed by atoms with E-state index in [1.54, 1.807) is 0 Å². The molecule has 0 saturated carbocycles. The third-order valence-electron chi connectivity index (χ3n) is 6.33. The van der Waals surface area contributed by atoms with Crippen LogP contribution in [0.3, 0.4) is 0 Å². The van der Waals surface area contributed by atoms with Crippen molar-refractivity contribution in [3.63, 3.8) is 0 Å². The number of hydrogen-bond donors (Lipinski definition) is 2. The molecule has 0 unspecified atom stereocenters. The smallest absolute Gasteiger partial charge is 0.251 e. The topological polar surface area (TPSA) is 58.2 Å². The fourth-order valence-electron chi connectivity index (χ4n) is 4.49. The number of nitrogens with one attached hydrogen (secondary N) is 2. The van der Waals surface area contributed by atoms with Gasteiger partial charge in [-0.05, 0) is 53.1 Å². The van der Waals surface area contributed by atoms with Gasteiger partial charge in [0.1, 0.15) is 0 Å². The highest BCUT2D eigenvalue weighted by Gasteiger charge is 2.24. The lowest BCUT2D eigenvalue weighted by Crippen LogP contribution is -2.36. The van der Waals surface area contributed by atoms with Crippen molar-refractivity contribution < 1.29 is 9.59 Å². The second kappa shape index (κ2) is 11.0. The van der Waals surface area contributed by atoms with E-state index in [2.05, 4.69) is 29.7 Å². The molecule has 2 N–H and O–H groups in total. The molecule has 1 aliphatic carbocycles. The Balaban J connectivity index is 1.51. The Morgan fingerprint density at radius 2 is 1.55 bits per heavy atom. The van der Waals surface area contributed by atoms with E-state index in [1.807, 2.05) is 60.7 Å². The van der Waals surface area contributed by atoms with Gasteiger partial charge in [-0.25, -0.2) is 0 Å². The molecule has 2 amide bonds. The monoisotopic (exact) mass is 440 g/mol. The maximum atomic E-state index is 13.4. The van der Waals surface area contributed by atoms with Gasteiger partial charge in [-0.15, -0.1) is 0 Å². The van der Waals surface area contributed by atoms with Crippen LogP contribution < -0.4 is 10.6 Å². The lowest BCUT2D eigenvalue weighted by molar-refractivity contribution is -0.121. The summed E-state index contributed by atoms with van der Waals surface area (Å²) in [4.78, 5) is 25.6. The fourth-order valence-corrected chi connectivity index (χ4v) is 4.49. The summed E-state index contributed by atoms with van der Waals surface area (Å²) in [5, 5.41) is 6.24. The lowest BCUT2D eigenvalue weighted by Gasteiger charge is -2.16. The Hall–Kier alpha value is -3.40. The van der Waals surface area contributed by atoms with Crippen LogP contribution in [0.5, 0.6) is 0 Å². The van der Waals surface area contributed by atoms with Crippen LogP contribution in [0.25, 0.3) is 11.1 Å². The molecule has 0 aromatic heterocycles. The van der Waals surface area contributed by atoms with Crippen molar-refractivity contribution in [2.45, 2.75) is 58.0 Å². The van der Waals surface area contributed by atoms with Gasteiger partial charge in [0, 0.05) is 24.6 Å². The molecule has 170 valence electrons. The highest BCUT2D eigenvalue weighted by atomic mass is 16.2. The minimum Gasteiger partial charge on any atom is -0.352 e. The summed E-state index contributed by atoms with van der Waals surface area (Å²) in [6.07, 6.45) is 5.26. The predicted octanol–water partition coefficient (Wildman–Crippen LogP) is 5.45. The molecule has 0 spiro atoms. The number of hydrogen-bond acceptors (Lipinski definition) is 2. The van der Waals surface area contributed by atoms with E-state index >= 15 is 0 Å². The first-order valence-corrected chi connectivity index (χ1v) is 12.0. The van der Waals surface area contributed by atoms with Crippen LogP contribution in [0.4, 0.5) is 0 Å². The predicted molar refractivity (Wildman–Crippen MR) is 133 cm³/mol. The van der Waals surface area contributed by atoms with Crippen molar-refractivity contribution in [2.75, 3.05) is 0 Å². The summed E-state index contributed by atoms with van der Waals surface area (Å²) < 4.78 is 0. The number of carbonyl (C=O) groups excluding carboxylic acids is 2. The molecule has 0 aliphatic heterocycles. The van der Waals surface area contributed by atoms with Crippen molar-refractivity contribution in [3.05, 3.63) is 95.1 Å². The van der Waals surface area contributed by atoms with Gasteiger partial charge < -0.3 is 10.6 Å². The van der Waals surface area contributed by atoms with Gasteiger partial charge in [-0.2, -0.15) is 0 Å². The number of carbonyl (C=O) groups is 2. The molecule has 0 bridgehead atoms. The van der Waals surface area contributed by atoms with Gasteiger partial charge in [0.2, 0.25) is 5.91 Å². The molecule has 33 heavy (non-hydrogen) atoms. The van der Waals surface area contributed by atoms with E-state index in [9.17, 15) is 9.59 Å². The van der Waals surface area contributed by atoms with Crippen molar-refractivity contribution in [1.29, 1.82) is 0 Å². The average molecular weight is 441 g/mol. The highest BCUT2D eigenvalue weighted by molar-refractivity contribution is 5.97. The Morgan fingerprint density at radius 3 is 2.24 bits per heavy atom. The van der Waals surface area contributed by atoms with E-state index in [4.69, 9.17) is 0 Å². The molecule has 0 saturated heterocycles. The van der Waals surface area contributed by atoms with Crippen LogP contribution in [0.1, 0.15) is 59.7 Å². The quantitative estimate of drug-likeness (QED) is 0.435. The minimum absolute atomic E-state index is 0.0354. The number of benzene rings is 3. The van der Waals surface area contributed by atoms with E-state index < -0.39 is 0 Å². The Labute approximate surface area is 196 Å². The van der Waals surface area contributed by atoms with Crippen LogP contribution in [-0.2, 0) is 24.2 Å². The minimum atomic E-state index is -0.0826. The first-order valence-electron chi connectivity index (χ1n) is 12.0. The molecule has 0 radical (unpaired) electrons. The standard InChI is InChI=1S/C29H32N2O2/c1-2-3-5-14-28(32)30-20-25-16-15-24(21-10-6-4-7-11-21)19-27(25)29(33)31-26-17-22-12-8-9-13-23(22)18-26/h4,6-13,15-16,19,26H,2-3,5,14,17-18,20H2,1H3,(H,30,32)(H,31,33). The second-order valence-electron chi connectivity index (χ2n) is 8.82. The number of amides is 2. The number of rotatable bonds is 9. The van der Waals surface area contributed by atoms with Crippen LogP contribution in [0.2, 0.25) is 0 Å². The lowest BCUT2D eigenvalue weighted by atomic mass is 9.98. The molecule has 4 rings (SSSR count). The Morgan fingerprint density at radius 1 is 0.848 bits per heavy atom. The Bertz CT molecular complexity index is 1080. The van der Waals surface area contributed by atoms with E-state index in [0.717, 1.165) is 48.8 Å². The zero-order chi connectivity index (χ0) is 23.0. The van der Waals surface area contributed by atoms with Crippen molar-refractivity contribution in [2.24, 2.45) is 0 Å². The van der Waals surface area contributed by atoms with E-state index in [1.165, 1.54) is 11.1 Å². The van der Waals surface area contributed by atoms with Gasteiger partial charge in [-0.3, -0.25) is 9.59 Å². The number of unbranched alkanes of at least 4 members (excludes halogenated alkanes) is 2. The molecule has 3 aromatic carbocycles.